The van der Waals surface area contributed by atoms with Crippen molar-refractivity contribution < 1.29 is 14.4 Å². The van der Waals surface area contributed by atoms with Crippen LogP contribution in [-0.2, 0) is 9.59 Å². The second-order valence-electron chi connectivity index (χ2n) is 8.01. The van der Waals surface area contributed by atoms with Gasteiger partial charge in [-0.2, -0.15) is 0 Å². The van der Waals surface area contributed by atoms with Gasteiger partial charge in [0, 0.05) is 64.5 Å². The molecule has 0 spiro atoms. The lowest BCUT2D eigenvalue weighted by molar-refractivity contribution is -0.136. The quantitative estimate of drug-likeness (QED) is 0.773. The summed E-state index contributed by atoms with van der Waals surface area (Å²) >= 11 is 0. The van der Waals surface area contributed by atoms with Crippen molar-refractivity contribution in [3.63, 3.8) is 0 Å². The van der Waals surface area contributed by atoms with Gasteiger partial charge in [0.2, 0.25) is 11.8 Å². The molecule has 2 aliphatic heterocycles. The highest BCUT2D eigenvalue weighted by Crippen LogP contribution is 2.29. The molecule has 7 heteroatoms. The molecule has 0 aromatic carbocycles. The molecule has 7 nitrogen and oxygen atoms in total. The number of pyridine rings is 1. The van der Waals surface area contributed by atoms with Gasteiger partial charge in [0.25, 0.3) is 5.91 Å². The van der Waals surface area contributed by atoms with Crippen LogP contribution in [0.5, 0.6) is 0 Å². The lowest BCUT2D eigenvalue weighted by Gasteiger charge is -2.33. The molecule has 3 heterocycles. The lowest BCUT2D eigenvalue weighted by atomic mass is 9.92. The van der Waals surface area contributed by atoms with Crippen LogP contribution < -0.4 is 0 Å². The number of amides is 3. The van der Waals surface area contributed by atoms with Crippen LogP contribution in [0.1, 0.15) is 54.6 Å². The van der Waals surface area contributed by atoms with E-state index < -0.39 is 0 Å². The number of likely N-dealkylation sites (tertiary alicyclic amines) is 2. The van der Waals surface area contributed by atoms with Crippen LogP contribution in [-0.4, -0.2) is 77.7 Å². The van der Waals surface area contributed by atoms with Gasteiger partial charge in [-0.1, -0.05) is 6.92 Å². The van der Waals surface area contributed by atoms with Crippen molar-refractivity contribution in [2.45, 2.75) is 38.5 Å². The maximum Gasteiger partial charge on any atom is 0.254 e. The van der Waals surface area contributed by atoms with Crippen molar-refractivity contribution in [2.75, 3.05) is 40.3 Å². The smallest absolute Gasteiger partial charge is 0.254 e. The molecule has 1 unspecified atom stereocenters. The highest BCUT2D eigenvalue weighted by Gasteiger charge is 2.37. The molecule has 152 valence electrons. The molecule has 2 saturated heterocycles. The monoisotopic (exact) mass is 386 g/mol. The number of rotatable bonds is 5. The Hall–Kier alpha value is -2.44. The predicted molar refractivity (Wildman–Crippen MR) is 106 cm³/mol. The fourth-order valence-corrected chi connectivity index (χ4v) is 4.11. The maximum absolute atomic E-state index is 12.8. The Labute approximate surface area is 166 Å². The molecule has 28 heavy (non-hydrogen) atoms. The van der Waals surface area contributed by atoms with Gasteiger partial charge in [-0.25, -0.2) is 0 Å². The number of piperidine rings is 1. The second kappa shape index (κ2) is 8.71. The molecule has 1 aromatic rings. The molecular weight excluding hydrogens is 356 g/mol. The fraction of sp³-hybridized carbons (Fsp3) is 0.619. The summed E-state index contributed by atoms with van der Waals surface area (Å²) in [5.41, 5.74) is 1.57. The van der Waals surface area contributed by atoms with Gasteiger partial charge in [-0.3, -0.25) is 19.4 Å². The van der Waals surface area contributed by atoms with Gasteiger partial charge >= 0.3 is 0 Å². The summed E-state index contributed by atoms with van der Waals surface area (Å²) in [6, 6.07) is 3.76. The van der Waals surface area contributed by atoms with Crippen LogP contribution >= 0.6 is 0 Å². The first-order chi connectivity index (χ1) is 13.4. The third kappa shape index (κ3) is 4.34. The molecule has 0 radical (unpaired) electrons. The van der Waals surface area contributed by atoms with Crippen molar-refractivity contribution >= 4 is 17.7 Å². The van der Waals surface area contributed by atoms with E-state index in [1.807, 2.05) is 28.9 Å². The summed E-state index contributed by atoms with van der Waals surface area (Å²) in [4.78, 5) is 46.6. The Kier molecular flexibility index (Phi) is 6.31. The van der Waals surface area contributed by atoms with E-state index in [4.69, 9.17) is 0 Å². The van der Waals surface area contributed by atoms with Gasteiger partial charge < -0.3 is 14.7 Å². The number of carbonyl (C=O) groups excluding carboxylic acids is 3. The summed E-state index contributed by atoms with van der Waals surface area (Å²) in [5.74, 6) is 0.277. The van der Waals surface area contributed by atoms with Crippen LogP contribution in [0.15, 0.2) is 18.3 Å². The minimum atomic E-state index is -0.190. The number of aromatic nitrogens is 1. The SMILES string of the molecule is CCCN1CC(C(=O)N2CCC(c3ccc(C(=O)N(C)C)cn3)CC2)CC1=O. The largest absolute Gasteiger partial charge is 0.345 e. The summed E-state index contributed by atoms with van der Waals surface area (Å²) in [6.45, 7) is 4.74. The van der Waals surface area contributed by atoms with Gasteiger partial charge in [-0.15, -0.1) is 0 Å². The summed E-state index contributed by atoms with van der Waals surface area (Å²) in [5, 5.41) is 0. The van der Waals surface area contributed by atoms with E-state index in [0.717, 1.165) is 31.5 Å². The van der Waals surface area contributed by atoms with Gasteiger partial charge in [0.05, 0.1) is 11.5 Å². The summed E-state index contributed by atoms with van der Waals surface area (Å²) in [7, 11) is 3.45. The number of nitrogens with zero attached hydrogens (tertiary/aromatic N) is 4. The molecule has 3 amide bonds. The van der Waals surface area contributed by atoms with E-state index in [1.54, 1.807) is 20.3 Å². The van der Waals surface area contributed by atoms with E-state index in [9.17, 15) is 14.4 Å². The van der Waals surface area contributed by atoms with Crippen LogP contribution in [0.2, 0.25) is 0 Å². The molecule has 2 fully saturated rings. The first-order valence-corrected chi connectivity index (χ1v) is 10.1. The molecule has 1 atom stereocenters. The lowest BCUT2D eigenvalue weighted by Crippen LogP contribution is -2.42. The number of carbonyl (C=O) groups is 3. The normalized spacial score (nSPS) is 20.5. The van der Waals surface area contributed by atoms with Crippen molar-refractivity contribution in [3.05, 3.63) is 29.6 Å². The van der Waals surface area contributed by atoms with Crippen molar-refractivity contribution in [2.24, 2.45) is 5.92 Å². The Morgan fingerprint density at radius 3 is 2.50 bits per heavy atom. The third-order valence-corrected chi connectivity index (χ3v) is 5.72. The Balaban J connectivity index is 1.54. The van der Waals surface area contributed by atoms with Crippen molar-refractivity contribution in [1.29, 1.82) is 0 Å². The third-order valence-electron chi connectivity index (χ3n) is 5.72. The molecule has 3 rings (SSSR count). The standard InChI is InChI=1S/C21H30N4O3/c1-4-9-25-14-17(12-19(25)26)21(28)24-10-7-15(8-11-24)18-6-5-16(13-22-18)20(27)23(2)3/h5-6,13,15,17H,4,7-12,14H2,1-3H3. The number of hydrogen-bond donors (Lipinski definition) is 0. The number of hydrogen-bond acceptors (Lipinski definition) is 4. The summed E-state index contributed by atoms with van der Waals surface area (Å²) < 4.78 is 0. The van der Waals surface area contributed by atoms with E-state index in [1.165, 1.54) is 4.90 Å². The first-order valence-electron chi connectivity index (χ1n) is 10.1. The Morgan fingerprint density at radius 2 is 1.93 bits per heavy atom. The molecule has 0 aliphatic carbocycles. The zero-order valence-corrected chi connectivity index (χ0v) is 17.1. The highest BCUT2D eigenvalue weighted by molar-refractivity contribution is 5.93. The molecule has 0 N–H and O–H groups in total. The average molecular weight is 386 g/mol. The van der Waals surface area contributed by atoms with Gasteiger partial charge in [-0.05, 0) is 31.4 Å². The van der Waals surface area contributed by atoms with Crippen LogP contribution in [0, 0.1) is 5.92 Å². The van der Waals surface area contributed by atoms with Crippen LogP contribution in [0.25, 0.3) is 0 Å². The molecular formula is C21H30N4O3. The molecule has 2 aliphatic rings. The first kappa shape index (κ1) is 20.3. The zero-order valence-electron chi connectivity index (χ0n) is 17.1. The minimum Gasteiger partial charge on any atom is -0.345 e. The van der Waals surface area contributed by atoms with E-state index in [0.29, 0.717) is 37.5 Å². The van der Waals surface area contributed by atoms with Gasteiger partial charge in [0.1, 0.15) is 0 Å². The van der Waals surface area contributed by atoms with Crippen molar-refractivity contribution in [1.82, 2.24) is 19.7 Å². The minimum absolute atomic E-state index is 0.0531. The van der Waals surface area contributed by atoms with E-state index in [2.05, 4.69) is 4.98 Å². The van der Waals surface area contributed by atoms with Crippen LogP contribution in [0.3, 0.4) is 0 Å². The van der Waals surface area contributed by atoms with Crippen molar-refractivity contribution in [3.8, 4) is 0 Å². The highest BCUT2D eigenvalue weighted by atomic mass is 16.2. The average Bonchev–Trinajstić information content (AvgIpc) is 3.08. The van der Waals surface area contributed by atoms with Crippen LogP contribution in [0.4, 0.5) is 0 Å². The molecule has 1 aromatic heterocycles. The summed E-state index contributed by atoms with van der Waals surface area (Å²) in [6.07, 6.45) is 4.63. The van der Waals surface area contributed by atoms with E-state index in [-0.39, 0.29) is 23.6 Å². The fourth-order valence-electron chi connectivity index (χ4n) is 4.11. The zero-order chi connectivity index (χ0) is 20.3. The Bertz CT molecular complexity index is 724. The van der Waals surface area contributed by atoms with E-state index >= 15 is 0 Å². The molecule has 0 saturated carbocycles. The molecule has 0 bridgehead atoms. The second-order valence-corrected chi connectivity index (χ2v) is 8.01. The maximum atomic E-state index is 12.8. The topological polar surface area (TPSA) is 73.8 Å². The van der Waals surface area contributed by atoms with Gasteiger partial charge in [0.15, 0.2) is 0 Å². The predicted octanol–water partition coefficient (Wildman–Crippen LogP) is 1.75. The Morgan fingerprint density at radius 1 is 1.21 bits per heavy atom.